The summed E-state index contributed by atoms with van der Waals surface area (Å²) < 4.78 is 18.5. The molecule has 0 aromatic heterocycles. The number of rotatable bonds is 3. The molecule has 0 saturated carbocycles. The highest BCUT2D eigenvalue weighted by Gasteiger charge is 2.08. The lowest BCUT2D eigenvalue weighted by molar-refractivity contribution is -0.118. The third-order valence-electron chi connectivity index (χ3n) is 1.41. The maximum atomic E-state index is 13.0. The quantitative estimate of drug-likeness (QED) is 0.795. The third kappa shape index (κ3) is 2.96. The SMILES string of the molecule is CC(=O)COc1cc(F)c(Cl)cc1Br. The van der Waals surface area contributed by atoms with Gasteiger partial charge in [-0.15, -0.1) is 0 Å². The van der Waals surface area contributed by atoms with Crippen LogP contribution in [0.1, 0.15) is 6.92 Å². The van der Waals surface area contributed by atoms with Crippen LogP contribution in [0.4, 0.5) is 4.39 Å². The predicted octanol–water partition coefficient (Wildman–Crippen LogP) is 3.21. The van der Waals surface area contributed by atoms with Gasteiger partial charge in [0.15, 0.2) is 5.78 Å². The summed E-state index contributed by atoms with van der Waals surface area (Å²) in [6.45, 7) is 1.31. The molecule has 14 heavy (non-hydrogen) atoms. The van der Waals surface area contributed by atoms with Crippen molar-refractivity contribution in [3.63, 3.8) is 0 Å². The van der Waals surface area contributed by atoms with Crippen LogP contribution in [0.2, 0.25) is 5.02 Å². The highest BCUT2D eigenvalue weighted by atomic mass is 79.9. The Bertz CT molecular complexity index is 368. The first-order valence-corrected chi connectivity index (χ1v) is 4.94. The van der Waals surface area contributed by atoms with Crippen molar-refractivity contribution in [2.75, 3.05) is 6.61 Å². The van der Waals surface area contributed by atoms with Crippen LogP contribution in [0.15, 0.2) is 16.6 Å². The lowest BCUT2D eigenvalue weighted by atomic mass is 10.3. The first-order valence-electron chi connectivity index (χ1n) is 3.77. The first-order chi connectivity index (χ1) is 6.50. The zero-order valence-corrected chi connectivity index (χ0v) is 9.65. The molecule has 0 saturated heterocycles. The number of carbonyl (C=O) groups is 1. The molecule has 0 radical (unpaired) electrons. The Morgan fingerprint density at radius 1 is 1.64 bits per heavy atom. The van der Waals surface area contributed by atoms with E-state index in [9.17, 15) is 9.18 Å². The molecule has 0 N–H and O–H groups in total. The average molecular weight is 282 g/mol. The van der Waals surface area contributed by atoms with E-state index in [2.05, 4.69) is 15.9 Å². The zero-order chi connectivity index (χ0) is 10.7. The number of Topliss-reactive ketones (excluding diaryl/α,β-unsaturated/α-hetero) is 1. The number of halogens is 3. The van der Waals surface area contributed by atoms with E-state index >= 15 is 0 Å². The van der Waals surface area contributed by atoms with Crippen molar-refractivity contribution < 1.29 is 13.9 Å². The lowest BCUT2D eigenvalue weighted by Crippen LogP contribution is -2.07. The summed E-state index contributed by atoms with van der Waals surface area (Å²) in [4.78, 5) is 10.6. The molecule has 0 aliphatic rings. The molecule has 0 heterocycles. The molecule has 0 amide bonds. The van der Waals surface area contributed by atoms with Crippen LogP contribution in [0.25, 0.3) is 0 Å². The normalized spacial score (nSPS) is 10.0. The van der Waals surface area contributed by atoms with Gasteiger partial charge in [-0.25, -0.2) is 4.39 Å². The van der Waals surface area contributed by atoms with Crippen molar-refractivity contribution >= 4 is 33.3 Å². The fourth-order valence-electron chi connectivity index (χ4n) is 0.794. The number of ether oxygens (including phenoxy) is 1. The number of carbonyl (C=O) groups excluding carboxylic acids is 1. The largest absolute Gasteiger partial charge is 0.485 e. The lowest BCUT2D eigenvalue weighted by Gasteiger charge is -2.06. The minimum Gasteiger partial charge on any atom is -0.485 e. The average Bonchev–Trinajstić information content (AvgIpc) is 2.09. The molecule has 0 fully saturated rings. The van der Waals surface area contributed by atoms with Crippen molar-refractivity contribution in [1.82, 2.24) is 0 Å². The van der Waals surface area contributed by atoms with Gasteiger partial charge in [-0.2, -0.15) is 0 Å². The molecular weight excluding hydrogens is 274 g/mol. The molecule has 1 aromatic rings. The van der Waals surface area contributed by atoms with Gasteiger partial charge in [0.05, 0.1) is 9.50 Å². The molecule has 0 unspecified atom stereocenters. The monoisotopic (exact) mass is 280 g/mol. The summed E-state index contributed by atoms with van der Waals surface area (Å²) >= 11 is 8.67. The molecular formula is C9H7BrClFO2. The molecule has 1 rings (SSSR count). The van der Waals surface area contributed by atoms with Gasteiger partial charge in [0.25, 0.3) is 0 Å². The van der Waals surface area contributed by atoms with E-state index in [0.29, 0.717) is 4.47 Å². The number of ketones is 1. The molecule has 0 spiro atoms. The molecule has 0 aliphatic carbocycles. The van der Waals surface area contributed by atoms with Crippen LogP contribution in [-0.4, -0.2) is 12.4 Å². The molecule has 0 atom stereocenters. The predicted molar refractivity (Wildman–Crippen MR) is 55.3 cm³/mol. The number of benzene rings is 1. The first kappa shape index (κ1) is 11.5. The van der Waals surface area contributed by atoms with Gasteiger partial charge < -0.3 is 4.74 Å². The maximum absolute atomic E-state index is 13.0. The Hall–Kier alpha value is -0.610. The second-order valence-electron chi connectivity index (χ2n) is 2.69. The number of hydrogen-bond acceptors (Lipinski definition) is 2. The van der Waals surface area contributed by atoms with E-state index in [1.54, 1.807) is 0 Å². The van der Waals surface area contributed by atoms with Gasteiger partial charge in [0.2, 0.25) is 0 Å². The van der Waals surface area contributed by atoms with Gasteiger partial charge in [0.1, 0.15) is 18.2 Å². The topological polar surface area (TPSA) is 26.3 Å². The van der Waals surface area contributed by atoms with Crippen LogP contribution in [0.3, 0.4) is 0 Å². The Kier molecular flexibility index (Phi) is 3.89. The highest BCUT2D eigenvalue weighted by Crippen LogP contribution is 2.30. The Balaban J connectivity index is 2.87. The van der Waals surface area contributed by atoms with E-state index in [4.69, 9.17) is 16.3 Å². The zero-order valence-electron chi connectivity index (χ0n) is 7.31. The van der Waals surface area contributed by atoms with Crippen LogP contribution in [0.5, 0.6) is 5.75 Å². The summed E-state index contributed by atoms with van der Waals surface area (Å²) in [5, 5.41) is 0.00653. The minimum absolute atomic E-state index is 0.00653. The molecule has 0 aliphatic heterocycles. The molecule has 2 nitrogen and oxygen atoms in total. The standard InChI is InChI=1S/C9H7BrClFO2/c1-5(13)4-14-9-3-8(12)7(11)2-6(9)10/h2-3H,4H2,1H3. The fourth-order valence-corrected chi connectivity index (χ4v) is 1.55. The molecule has 0 bridgehead atoms. The molecule has 1 aromatic carbocycles. The van der Waals surface area contributed by atoms with Gasteiger partial charge in [-0.1, -0.05) is 11.6 Å². The van der Waals surface area contributed by atoms with Crippen molar-refractivity contribution in [2.45, 2.75) is 6.92 Å². The van der Waals surface area contributed by atoms with Crippen LogP contribution in [0, 0.1) is 5.82 Å². The smallest absolute Gasteiger partial charge is 0.167 e. The third-order valence-corrected chi connectivity index (χ3v) is 2.32. The van der Waals surface area contributed by atoms with Crippen molar-refractivity contribution in [3.8, 4) is 5.75 Å². The van der Waals surface area contributed by atoms with Crippen LogP contribution >= 0.6 is 27.5 Å². The van der Waals surface area contributed by atoms with Gasteiger partial charge >= 0.3 is 0 Å². The second kappa shape index (κ2) is 4.75. The number of hydrogen-bond donors (Lipinski definition) is 0. The van der Waals surface area contributed by atoms with Gasteiger partial charge in [0, 0.05) is 6.07 Å². The fraction of sp³-hybridized carbons (Fsp3) is 0.222. The Morgan fingerprint density at radius 2 is 2.29 bits per heavy atom. The van der Waals surface area contributed by atoms with E-state index in [0.717, 1.165) is 6.07 Å². The van der Waals surface area contributed by atoms with Crippen molar-refractivity contribution in [3.05, 3.63) is 27.4 Å². The Morgan fingerprint density at radius 3 is 2.86 bits per heavy atom. The minimum atomic E-state index is -0.576. The summed E-state index contributed by atoms with van der Waals surface area (Å²) in [6.07, 6.45) is 0. The van der Waals surface area contributed by atoms with E-state index in [1.807, 2.05) is 0 Å². The van der Waals surface area contributed by atoms with Crippen LogP contribution < -0.4 is 4.74 Å². The Labute approximate surface area is 94.1 Å². The van der Waals surface area contributed by atoms with Gasteiger partial charge in [-0.3, -0.25) is 4.79 Å². The van der Waals surface area contributed by atoms with E-state index in [1.165, 1.54) is 13.0 Å². The van der Waals surface area contributed by atoms with E-state index in [-0.39, 0.29) is 23.2 Å². The summed E-state index contributed by atoms with van der Waals surface area (Å²) in [6, 6.07) is 2.52. The van der Waals surface area contributed by atoms with Crippen molar-refractivity contribution in [1.29, 1.82) is 0 Å². The molecule has 76 valence electrons. The summed E-state index contributed by atoms with van der Waals surface area (Å²) in [5.41, 5.74) is 0. The second-order valence-corrected chi connectivity index (χ2v) is 3.95. The molecule has 5 heteroatoms. The summed E-state index contributed by atoms with van der Waals surface area (Å²) in [5.74, 6) is -0.442. The highest BCUT2D eigenvalue weighted by molar-refractivity contribution is 9.10. The van der Waals surface area contributed by atoms with Crippen molar-refractivity contribution in [2.24, 2.45) is 0 Å². The van der Waals surface area contributed by atoms with Gasteiger partial charge in [-0.05, 0) is 28.9 Å². The maximum Gasteiger partial charge on any atom is 0.167 e. The van der Waals surface area contributed by atoms with Crippen LogP contribution in [-0.2, 0) is 4.79 Å². The summed E-state index contributed by atoms with van der Waals surface area (Å²) in [7, 11) is 0. The van der Waals surface area contributed by atoms with E-state index < -0.39 is 5.82 Å².